The molecule has 9 heteroatoms. The molecule has 1 aromatic heterocycles. The van der Waals surface area contributed by atoms with Crippen LogP contribution in [0.15, 0.2) is 46.8 Å². The van der Waals surface area contributed by atoms with Crippen LogP contribution in [-0.4, -0.2) is 41.0 Å². The summed E-state index contributed by atoms with van der Waals surface area (Å²) in [4.78, 5) is 54.2. The number of amides is 3. The van der Waals surface area contributed by atoms with Gasteiger partial charge in [0.15, 0.2) is 0 Å². The first-order chi connectivity index (χ1) is 13.6. The first-order valence-electron chi connectivity index (χ1n) is 9.21. The molecule has 1 aliphatic heterocycles. The summed E-state index contributed by atoms with van der Waals surface area (Å²) in [5.41, 5.74) is 0.692. The Morgan fingerprint density at radius 2 is 2.00 bits per heavy atom. The maximum Gasteiger partial charge on any atom is 0.308 e. The molecule has 0 bridgehead atoms. The second-order valence-corrected chi connectivity index (χ2v) is 6.28. The lowest BCUT2D eigenvalue weighted by atomic mass is 10.1. The quantitative estimate of drug-likeness (QED) is 0.469. The van der Waals surface area contributed by atoms with E-state index >= 15 is 0 Å². The molecule has 0 unspecified atom stereocenters. The minimum atomic E-state index is -0.957. The number of rotatable bonds is 10. The van der Waals surface area contributed by atoms with Crippen LogP contribution in [0.4, 0.5) is 0 Å². The maximum atomic E-state index is 12.1. The Kier molecular flexibility index (Phi) is 8.64. The van der Waals surface area contributed by atoms with E-state index in [0.717, 1.165) is 0 Å². The van der Waals surface area contributed by atoms with Crippen LogP contribution in [0.25, 0.3) is 0 Å². The molecule has 1 aromatic rings. The van der Waals surface area contributed by atoms with Gasteiger partial charge in [-0.05, 0) is 37.8 Å². The highest BCUT2D eigenvalue weighted by molar-refractivity contribution is 6.39. The van der Waals surface area contributed by atoms with Crippen molar-refractivity contribution in [3.63, 3.8) is 0 Å². The van der Waals surface area contributed by atoms with Gasteiger partial charge in [-0.15, -0.1) is 4.91 Å². The Bertz CT molecular complexity index is 761. The number of pyridine rings is 1. The average molecular weight is 385 g/mol. The number of nitrogens with one attached hydrogen (secondary N) is 2. The molecule has 0 aromatic carbocycles. The lowest BCUT2D eigenvalue weighted by Gasteiger charge is -2.15. The van der Waals surface area contributed by atoms with Crippen LogP contribution >= 0.6 is 0 Å². The molecule has 0 saturated carbocycles. The maximum absolute atomic E-state index is 12.1. The predicted octanol–water partition coefficient (Wildman–Crippen LogP) is 1.90. The molecular weight excluding hydrogens is 362 g/mol. The highest BCUT2D eigenvalue weighted by Crippen LogP contribution is 2.08. The number of aliphatic imine (C=N–C) groups is 1. The number of nitrogens with zero attached hydrogens (tertiary/aromatic N) is 3. The van der Waals surface area contributed by atoms with E-state index in [1.807, 2.05) is 6.08 Å². The van der Waals surface area contributed by atoms with Crippen molar-refractivity contribution in [1.82, 2.24) is 15.6 Å². The van der Waals surface area contributed by atoms with Crippen LogP contribution in [0.2, 0.25) is 0 Å². The minimum Gasteiger partial charge on any atom is -0.351 e. The second-order valence-electron chi connectivity index (χ2n) is 6.28. The van der Waals surface area contributed by atoms with E-state index in [9.17, 15) is 19.3 Å². The molecule has 2 N–H and O–H groups in total. The van der Waals surface area contributed by atoms with E-state index in [2.05, 4.69) is 25.8 Å². The number of hydrogen-bond donors (Lipinski definition) is 2. The molecule has 0 spiro atoms. The molecule has 0 fully saturated rings. The first kappa shape index (κ1) is 21.1. The van der Waals surface area contributed by atoms with Crippen LogP contribution in [0, 0.1) is 4.91 Å². The van der Waals surface area contributed by atoms with Gasteiger partial charge in [-0.25, -0.2) is 0 Å². The average Bonchev–Trinajstić information content (AvgIpc) is 2.75. The largest absolute Gasteiger partial charge is 0.351 e. The van der Waals surface area contributed by atoms with Crippen molar-refractivity contribution >= 4 is 23.4 Å². The van der Waals surface area contributed by atoms with Crippen LogP contribution in [-0.2, 0) is 9.59 Å². The molecule has 148 valence electrons. The van der Waals surface area contributed by atoms with E-state index < -0.39 is 17.9 Å². The van der Waals surface area contributed by atoms with Crippen molar-refractivity contribution in [1.29, 1.82) is 0 Å². The van der Waals surface area contributed by atoms with Gasteiger partial charge in [0.25, 0.3) is 11.8 Å². The highest BCUT2D eigenvalue weighted by atomic mass is 16.3. The van der Waals surface area contributed by atoms with E-state index in [1.165, 1.54) is 0 Å². The van der Waals surface area contributed by atoms with Crippen molar-refractivity contribution in [2.75, 3.05) is 6.54 Å². The highest BCUT2D eigenvalue weighted by Gasteiger charge is 2.23. The van der Waals surface area contributed by atoms with Crippen molar-refractivity contribution in [2.24, 2.45) is 10.2 Å². The number of hydrogen-bond acceptors (Lipinski definition) is 6. The second kappa shape index (κ2) is 11.5. The number of aromatic nitrogens is 1. The summed E-state index contributed by atoms with van der Waals surface area (Å²) >= 11 is 0. The summed E-state index contributed by atoms with van der Waals surface area (Å²) in [7, 11) is 0. The van der Waals surface area contributed by atoms with Gasteiger partial charge in [0.2, 0.25) is 0 Å². The van der Waals surface area contributed by atoms with E-state index in [4.69, 9.17) is 0 Å². The fourth-order valence-electron chi connectivity index (χ4n) is 2.68. The van der Waals surface area contributed by atoms with Gasteiger partial charge in [0, 0.05) is 24.1 Å². The van der Waals surface area contributed by atoms with Gasteiger partial charge in [-0.3, -0.25) is 24.4 Å². The van der Waals surface area contributed by atoms with Gasteiger partial charge < -0.3 is 10.6 Å². The monoisotopic (exact) mass is 385 g/mol. The van der Waals surface area contributed by atoms with Crippen molar-refractivity contribution < 1.29 is 14.4 Å². The Morgan fingerprint density at radius 3 is 2.68 bits per heavy atom. The zero-order chi connectivity index (χ0) is 20.2. The number of carbonyl (C=O) groups is 3. The topological polar surface area (TPSA) is 130 Å². The summed E-state index contributed by atoms with van der Waals surface area (Å²) in [6, 6.07) is 4.15. The van der Waals surface area contributed by atoms with Gasteiger partial charge >= 0.3 is 5.91 Å². The van der Waals surface area contributed by atoms with E-state index in [0.29, 0.717) is 56.5 Å². The molecule has 1 aliphatic rings. The standard InChI is InChI=1S/C19H23N5O4/c25-17(14-8-3-6-11-20-14)22-13-5-1-2-10-16(19(27)24-28)23-18(26)15-9-4-7-12-21-15/h3,6-8,11-12,16H,1-2,4-5,9-10,13H2,(H,22,25)(H,23,26)/t16-/m1/s1. The molecular formula is C19H23N5O4. The molecule has 9 nitrogen and oxygen atoms in total. The fraction of sp³-hybridized carbons (Fsp3) is 0.421. The predicted molar refractivity (Wildman–Crippen MR) is 104 cm³/mol. The zero-order valence-corrected chi connectivity index (χ0v) is 15.5. The van der Waals surface area contributed by atoms with Crippen LogP contribution in [0.3, 0.4) is 0 Å². The number of carbonyl (C=O) groups excluding carboxylic acids is 3. The third-order valence-electron chi connectivity index (χ3n) is 4.19. The van der Waals surface area contributed by atoms with Gasteiger partial charge in [0.1, 0.15) is 17.4 Å². The molecule has 0 radical (unpaired) electrons. The summed E-state index contributed by atoms with van der Waals surface area (Å²) in [6.07, 6.45) is 8.45. The fourth-order valence-corrected chi connectivity index (χ4v) is 2.68. The Labute approximate surface area is 162 Å². The third-order valence-corrected chi connectivity index (χ3v) is 4.19. The Morgan fingerprint density at radius 1 is 1.14 bits per heavy atom. The van der Waals surface area contributed by atoms with Crippen LogP contribution < -0.4 is 10.6 Å². The van der Waals surface area contributed by atoms with Crippen LogP contribution in [0.5, 0.6) is 0 Å². The summed E-state index contributed by atoms with van der Waals surface area (Å²) in [5, 5.41) is 7.75. The number of allylic oxidation sites excluding steroid dienone is 1. The molecule has 1 atom stereocenters. The summed E-state index contributed by atoms with van der Waals surface area (Å²) < 4.78 is 0. The van der Waals surface area contributed by atoms with E-state index in [-0.39, 0.29) is 5.91 Å². The van der Waals surface area contributed by atoms with E-state index in [1.54, 1.807) is 30.6 Å². The lowest BCUT2D eigenvalue weighted by molar-refractivity contribution is -0.124. The van der Waals surface area contributed by atoms with Gasteiger partial charge in [-0.2, -0.15) is 0 Å². The third kappa shape index (κ3) is 6.82. The summed E-state index contributed by atoms with van der Waals surface area (Å²) in [6.45, 7) is 0.468. The van der Waals surface area contributed by atoms with Crippen molar-refractivity contribution in [3.8, 4) is 0 Å². The van der Waals surface area contributed by atoms with Gasteiger partial charge in [0.05, 0.1) is 0 Å². The molecule has 0 saturated heterocycles. The molecule has 2 heterocycles. The van der Waals surface area contributed by atoms with Gasteiger partial charge in [-0.1, -0.05) is 25.0 Å². The van der Waals surface area contributed by atoms with Crippen molar-refractivity contribution in [2.45, 2.75) is 44.6 Å². The van der Waals surface area contributed by atoms with Crippen molar-refractivity contribution in [3.05, 3.63) is 47.3 Å². The number of nitroso groups, excluding NO2 is 1. The Hall–Kier alpha value is -3.23. The lowest BCUT2D eigenvalue weighted by Crippen LogP contribution is -2.43. The summed E-state index contributed by atoms with van der Waals surface area (Å²) in [5.74, 6) is -1.59. The van der Waals surface area contributed by atoms with Crippen LogP contribution in [0.1, 0.15) is 49.0 Å². The zero-order valence-electron chi connectivity index (χ0n) is 15.5. The molecule has 28 heavy (non-hydrogen) atoms. The Balaban J connectivity index is 1.70. The normalized spacial score (nSPS) is 13.9. The molecule has 0 aliphatic carbocycles. The first-order valence-corrected chi connectivity index (χ1v) is 9.21. The minimum absolute atomic E-state index is 0.242. The SMILES string of the molecule is O=NC(=O)[C@@H](CCCCCNC(=O)c1ccccn1)NC(=O)C1=NC=CCC1. The number of unbranched alkanes of at least 4 members (excludes halogenated alkanes) is 2. The molecule has 2 rings (SSSR count). The smallest absolute Gasteiger partial charge is 0.308 e. The molecule has 3 amide bonds.